The summed E-state index contributed by atoms with van der Waals surface area (Å²) in [5, 5.41) is 18.2. The Balaban J connectivity index is 2.06. The van der Waals surface area contributed by atoms with Crippen molar-refractivity contribution in [1.29, 1.82) is 5.26 Å². The van der Waals surface area contributed by atoms with Crippen LogP contribution in [0.2, 0.25) is 0 Å². The number of hydrogen-bond donors (Lipinski definition) is 1. The molecule has 0 spiro atoms. The van der Waals surface area contributed by atoms with Gasteiger partial charge < -0.3 is 5.11 Å². The molecule has 2 rings (SSSR count). The Kier molecular flexibility index (Phi) is 5.10. The number of nitrogens with zero attached hydrogens (tertiary/aromatic N) is 3. The van der Waals surface area contributed by atoms with Crippen LogP contribution < -0.4 is 4.90 Å². The van der Waals surface area contributed by atoms with E-state index in [2.05, 4.69) is 0 Å². The molecule has 5 heteroatoms. The first kappa shape index (κ1) is 14.5. The molecule has 0 radical (unpaired) electrons. The van der Waals surface area contributed by atoms with Crippen LogP contribution in [0.1, 0.15) is 12.8 Å². The Hall–Kier alpha value is -1.90. The van der Waals surface area contributed by atoms with Gasteiger partial charge in [0.1, 0.15) is 6.54 Å². The van der Waals surface area contributed by atoms with Crippen LogP contribution in [0.3, 0.4) is 0 Å². The predicted octanol–water partition coefficient (Wildman–Crippen LogP) is 1.000. The van der Waals surface area contributed by atoms with E-state index in [0.717, 1.165) is 25.1 Å². The van der Waals surface area contributed by atoms with Crippen LogP contribution in [0.15, 0.2) is 30.3 Å². The van der Waals surface area contributed by atoms with Crippen LogP contribution >= 0.6 is 0 Å². The highest BCUT2D eigenvalue weighted by Gasteiger charge is 2.27. The van der Waals surface area contributed by atoms with Crippen molar-refractivity contribution < 1.29 is 9.90 Å². The number of aliphatic hydroxyl groups excluding tert-OH is 1. The van der Waals surface area contributed by atoms with Crippen LogP contribution in [0, 0.1) is 11.3 Å². The first-order valence-corrected chi connectivity index (χ1v) is 6.83. The third kappa shape index (κ3) is 3.35. The molecule has 1 atom stereocenters. The fraction of sp³-hybridized carbons (Fsp3) is 0.467. The van der Waals surface area contributed by atoms with Crippen molar-refractivity contribution in [2.45, 2.75) is 18.9 Å². The zero-order chi connectivity index (χ0) is 14.4. The summed E-state index contributed by atoms with van der Waals surface area (Å²) in [7, 11) is 0. The second-order valence-electron chi connectivity index (χ2n) is 4.92. The van der Waals surface area contributed by atoms with E-state index in [-0.39, 0.29) is 31.6 Å². The van der Waals surface area contributed by atoms with E-state index < -0.39 is 0 Å². The fourth-order valence-corrected chi connectivity index (χ4v) is 2.57. The van der Waals surface area contributed by atoms with Crippen molar-refractivity contribution in [2.75, 3.05) is 31.1 Å². The van der Waals surface area contributed by atoms with Gasteiger partial charge in [0.25, 0.3) is 0 Å². The lowest BCUT2D eigenvalue weighted by Crippen LogP contribution is -2.43. The number of nitriles is 1. The normalized spacial score (nSPS) is 18.7. The van der Waals surface area contributed by atoms with E-state index in [4.69, 9.17) is 5.26 Å². The van der Waals surface area contributed by atoms with E-state index in [1.807, 2.05) is 41.3 Å². The molecule has 5 nitrogen and oxygen atoms in total. The van der Waals surface area contributed by atoms with Crippen molar-refractivity contribution in [2.24, 2.45) is 0 Å². The molecule has 1 N–H and O–H groups in total. The lowest BCUT2D eigenvalue weighted by Gasteiger charge is -2.26. The molecule has 1 aliphatic heterocycles. The maximum atomic E-state index is 12.4. The lowest BCUT2D eigenvalue weighted by atomic mass is 10.2. The average Bonchev–Trinajstić information content (AvgIpc) is 2.92. The summed E-state index contributed by atoms with van der Waals surface area (Å²) >= 11 is 0. The summed E-state index contributed by atoms with van der Waals surface area (Å²) in [6.07, 6.45) is 1.93. The van der Waals surface area contributed by atoms with Crippen LogP contribution in [0.4, 0.5) is 5.69 Å². The lowest BCUT2D eigenvalue weighted by molar-refractivity contribution is -0.120. The summed E-state index contributed by atoms with van der Waals surface area (Å²) in [6.45, 7) is 1.20. The summed E-state index contributed by atoms with van der Waals surface area (Å²) in [5.41, 5.74) is 0.735. The largest absolute Gasteiger partial charge is 0.395 e. The highest BCUT2D eigenvalue weighted by molar-refractivity contribution is 5.95. The predicted molar refractivity (Wildman–Crippen MR) is 76.1 cm³/mol. The molecule has 0 saturated carbocycles. The first-order valence-electron chi connectivity index (χ1n) is 6.83. The van der Waals surface area contributed by atoms with Crippen molar-refractivity contribution in [3.8, 4) is 6.07 Å². The maximum Gasteiger partial charge on any atom is 0.242 e. The Bertz CT molecular complexity index is 484. The molecule has 1 saturated heterocycles. The molecule has 20 heavy (non-hydrogen) atoms. The Morgan fingerprint density at radius 3 is 2.85 bits per heavy atom. The number of amides is 1. The van der Waals surface area contributed by atoms with Crippen molar-refractivity contribution in [3.63, 3.8) is 0 Å². The minimum Gasteiger partial charge on any atom is -0.395 e. The third-order valence-corrected chi connectivity index (χ3v) is 3.65. The smallest absolute Gasteiger partial charge is 0.242 e. The molecule has 106 valence electrons. The molecule has 0 aromatic heterocycles. The Morgan fingerprint density at radius 2 is 2.20 bits per heavy atom. The van der Waals surface area contributed by atoms with Gasteiger partial charge in [0.15, 0.2) is 0 Å². The zero-order valence-corrected chi connectivity index (χ0v) is 11.4. The van der Waals surface area contributed by atoms with Crippen LogP contribution in [-0.2, 0) is 4.79 Å². The molecule has 1 heterocycles. The van der Waals surface area contributed by atoms with E-state index in [0.29, 0.717) is 0 Å². The number of para-hydroxylation sites is 1. The molecular weight excluding hydrogens is 254 g/mol. The minimum atomic E-state index is -0.0990. The third-order valence-electron chi connectivity index (χ3n) is 3.65. The van der Waals surface area contributed by atoms with Gasteiger partial charge in [-0.1, -0.05) is 18.2 Å². The quantitative estimate of drug-likeness (QED) is 0.813. The van der Waals surface area contributed by atoms with Gasteiger partial charge in [0.05, 0.1) is 19.2 Å². The molecule has 0 aliphatic carbocycles. The van der Waals surface area contributed by atoms with Crippen molar-refractivity contribution in [3.05, 3.63) is 30.3 Å². The summed E-state index contributed by atoms with van der Waals surface area (Å²) < 4.78 is 0. The number of aliphatic hydroxyl groups is 1. The SMILES string of the molecule is N#CCN(C(=O)CN1CCC[C@H]1CO)c1ccccc1. The molecule has 0 unspecified atom stereocenters. The van der Waals surface area contributed by atoms with Crippen LogP contribution in [0.25, 0.3) is 0 Å². The molecule has 1 aromatic rings. The number of likely N-dealkylation sites (tertiary alicyclic amines) is 1. The second-order valence-corrected chi connectivity index (χ2v) is 4.92. The Morgan fingerprint density at radius 1 is 1.45 bits per heavy atom. The number of hydrogen-bond acceptors (Lipinski definition) is 4. The van der Waals surface area contributed by atoms with E-state index in [1.54, 1.807) is 0 Å². The van der Waals surface area contributed by atoms with Gasteiger partial charge in [-0.05, 0) is 31.5 Å². The van der Waals surface area contributed by atoms with E-state index in [1.165, 1.54) is 4.90 Å². The maximum absolute atomic E-state index is 12.4. The number of rotatable bonds is 5. The van der Waals surface area contributed by atoms with Gasteiger partial charge in [-0.2, -0.15) is 5.26 Å². The number of carbonyl (C=O) groups is 1. The highest BCUT2D eigenvalue weighted by atomic mass is 16.3. The number of anilines is 1. The standard InChI is InChI=1S/C15H19N3O2/c16-8-10-18(13-5-2-1-3-6-13)15(20)11-17-9-4-7-14(17)12-19/h1-3,5-6,14,19H,4,7,9-12H2/t14-/m0/s1. The first-order chi connectivity index (χ1) is 9.76. The Labute approximate surface area is 119 Å². The fourth-order valence-electron chi connectivity index (χ4n) is 2.57. The summed E-state index contributed by atoms with van der Waals surface area (Å²) in [5.74, 6) is -0.0990. The van der Waals surface area contributed by atoms with Gasteiger partial charge in [0.2, 0.25) is 5.91 Å². The zero-order valence-electron chi connectivity index (χ0n) is 11.4. The summed E-state index contributed by atoms with van der Waals surface area (Å²) in [6, 6.07) is 11.3. The topological polar surface area (TPSA) is 67.6 Å². The number of benzene rings is 1. The van der Waals surface area contributed by atoms with Gasteiger partial charge in [-0.3, -0.25) is 14.6 Å². The molecule has 1 aromatic carbocycles. The molecule has 0 bridgehead atoms. The van der Waals surface area contributed by atoms with Gasteiger partial charge in [0, 0.05) is 11.7 Å². The van der Waals surface area contributed by atoms with Crippen LogP contribution in [-0.4, -0.2) is 48.2 Å². The van der Waals surface area contributed by atoms with Crippen molar-refractivity contribution in [1.82, 2.24) is 4.90 Å². The monoisotopic (exact) mass is 273 g/mol. The molecular formula is C15H19N3O2. The van der Waals surface area contributed by atoms with Gasteiger partial charge >= 0.3 is 0 Å². The number of carbonyl (C=O) groups excluding carboxylic acids is 1. The summed E-state index contributed by atoms with van der Waals surface area (Å²) in [4.78, 5) is 15.9. The second kappa shape index (κ2) is 7.04. The van der Waals surface area contributed by atoms with Gasteiger partial charge in [-0.15, -0.1) is 0 Å². The molecule has 1 fully saturated rings. The van der Waals surface area contributed by atoms with E-state index in [9.17, 15) is 9.90 Å². The van der Waals surface area contributed by atoms with E-state index >= 15 is 0 Å². The minimum absolute atomic E-state index is 0.0421. The molecule has 1 aliphatic rings. The van der Waals surface area contributed by atoms with Gasteiger partial charge in [-0.25, -0.2) is 0 Å². The highest BCUT2D eigenvalue weighted by Crippen LogP contribution is 2.18. The van der Waals surface area contributed by atoms with Crippen molar-refractivity contribution >= 4 is 11.6 Å². The average molecular weight is 273 g/mol. The molecule has 1 amide bonds. The van der Waals surface area contributed by atoms with Crippen LogP contribution in [0.5, 0.6) is 0 Å².